The molecule has 27 heavy (non-hydrogen) atoms. The molecule has 0 radical (unpaired) electrons. The molecule has 0 bridgehead atoms. The third-order valence-electron chi connectivity index (χ3n) is 4.30. The number of hydrogen-bond acceptors (Lipinski definition) is 2. The normalized spacial score (nSPS) is 11.1. The van der Waals surface area contributed by atoms with Crippen LogP contribution in [-0.4, -0.2) is 9.55 Å². The van der Waals surface area contributed by atoms with Crippen molar-refractivity contribution in [1.82, 2.24) is 9.55 Å². The highest BCUT2D eigenvalue weighted by molar-refractivity contribution is 6.32. The summed E-state index contributed by atoms with van der Waals surface area (Å²) < 4.78 is 22.1. The summed E-state index contributed by atoms with van der Waals surface area (Å²) in [5, 5.41) is 0.906. The second-order valence-electron chi connectivity index (χ2n) is 6.02. The van der Waals surface area contributed by atoms with Gasteiger partial charge < -0.3 is 9.30 Å². The number of ether oxygens (including phenoxy) is 1. The summed E-state index contributed by atoms with van der Waals surface area (Å²) in [5.74, 6) is 0.885. The lowest BCUT2D eigenvalue weighted by atomic mass is 10.2. The van der Waals surface area contributed by atoms with E-state index in [0.29, 0.717) is 27.2 Å². The maximum absolute atomic E-state index is 14.3. The van der Waals surface area contributed by atoms with Crippen LogP contribution in [0.3, 0.4) is 0 Å². The van der Waals surface area contributed by atoms with E-state index in [1.165, 1.54) is 6.07 Å². The number of halogens is 3. The zero-order valence-corrected chi connectivity index (χ0v) is 15.7. The SMILES string of the molecule is Fc1cccc(Cl)c1Cn1c(COc2ccccc2Cl)nc2ccccc21. The topological polar surface area (TPSA) is 27.1 Å². The third-order valence-corrected chi connectivity index (χ3v) is 4.97. The van der Waals surface area contributed by atoms with Crippen molar-refractivity contribution in [3.05, 3.63) is 94.0 Å². The number of para-hydroxylation sites is 3. The van der Waals surface area contributed by atoms with E-state index in [2.05, 4.69) is 4.98 Å². The number of imidazole rings is 1. The van der Waals surface area contributed by atoms with Crippen LogP contribution in [-0.2, 0) is 13.2 Å². The fourth-order valence-corrected chi connectivity index (χ4v) is 3.37. The largest absolute Gasteiger partial charge is 0.484 e. The predicted octanol–water partition coefficient (Wildman–Crippen LogP) is 6.11. The van der Waals surface area contributed by atoms with E-state index in [9.17, 15) is 4.39 Å². The molecule has 3 aromatic carbocycles. The first kappa shape index (κ1) is 17.8. The average Bonchev–Trinajstić information content (AvgIpc) is 3.02. The number of benzene rings is 3. The molecule has 3 nitrogen and oxygen atoms in total. The van der Waals surface area contributed by atoms with Crippen LogP contribution in [0.4, 0.5) is 4.39 Å². The number of aromatic nitrogens is 2. The highest BCUT2D eigenvalue weighted by Crippen LogP contribution is 2.27. The second kappa shape index (κ2) is 7.59. The summed E-state index contributed by atoms with van der Waals surface area (Å²) in [6, 6.07) is 19.6. The Morgan fingerprint density at radius 1 is 0.889 bits per heavy atom. The Morgan fingerprint density at radius 2 is 1.63 bits per heavy atom. The van der Waals surface area contributed by atoms with Gasteiger partial charge in [0.25, 0.3) is 0 Å². The van der Waals surface area contributed by atoms with Gasteiger partial charge in [0.15, 0.2) is 0 Å². The zero-order valence-electron chi connectivity index (χ0n) is 14.2. The molecule has 6 heteroatoms. The first-order valence-corrected chi connectivity index (χ1v) is 9.13. The van der Waals surface area contributed by atoms with Gasteiger partial charge in [-0.2, -0.15) is 0 Å². The van der Waals surface area contributed by atoms with Gasteiger partial charge in [0.1, 0.15) is 24.0 Å². The van der Waals surface area contributed by atoms with Crippen molar-refractivity contribution in [1.29, 1.82) is 0 Å². The van der Waals surface area contributed by atoms with Gasteiger partial charge in [-0.25, -0.2) is 9.37 Å². The molecule has 0 fully saturated rings. The van der Waals surface area contributed by atoms with Crippen LogP contribution in [0.5, 0.6) is 5.75 Å². The molecule has 0 N–H and O–H groups in total. The molecular formula is C21H15Cl2FN2O. The first-order chi connectivity index (χ1) is 13.1. The van der Waals surface area contributed by atoms with Crippen LogP contribution in [0, 0.1) is 5.82 Å². The summed E-state index contributed by atoms with van der Waals surface area (Å²) in [5.41, 5.74) is 2.11. The molecule has 0 amide bonds. The monoisotopic (exact) mass is 400 g/mol. The van der Waals surface area contributed by atoms with Gasteiger partial charge in [-0.05, 0) is 36.4 Å². The average molecular weight is 401 g/mol. The fraction of sp³-hybridized carbons (Fsp3) is 0.0952. The van der Waals surface area contributed by atoms with Crippen molar-refractivity contribution in [3.63, 3.8) is 0 Å². The number of nitrogens with zero attached hydrogens (tertiary/aromatic N) is 2. The number of rotatable bonds is 5. The van der Waals surface area contributed by atoms with Crippen LogP contribution in [0.2, 0.25) is 10.0 Å². The molecule has 0 unspecified atom stereocenters. The Bertz CT molecular complexity index is 1090. The quantitative estimate of drug-likeness (QED) is 0.404. The molecule has 136 valence electrons. The Hall–Kier alpha value is -2.56. The molecule has 0 aliphatic heterocycles. The minimum Gasteiger partial charge on any atom is -0.484 e. The Balaban J connectivity index is 1.72. The van der Waals surface area contributed by atoms with Crippen molar-refractivity contribution in [2.45, 2.75) is 13.2 Å². The lowest BCUT2D eigenvalue weighted by Crippen LogP contribution is -2.10. The van der Waals surface area contributed by atoms with Crippen LogP contribution in [0.15, 0.2) is 66.7 Å². The Labute approximate surface area is 165 Å². The number of hydrogen-bond donors (Lipinski definition) is 0. The molecule has 4 aromatic rings. The Kier molecular flexibility index (Phi) is 5.01. The van der Waals surface area contributed by atoms with E-state index in [4.69, 9.17) is 27.9 Å². The molecule has 0 atom stereocenters. The molecule has 1 aromatic heterocycles. The van der Waals surface area contributed by atoms with Gasteiger partial charge in [0.05, 0.1) is 22.6 Å². The van der Waals surface area contributed by atoms with Gasteiger partial charge >= 0.3 is 0 Å². The summed E-state index contributed by atoms with van der Waals surface area (Å²) in [4.78, 5) is 4.64. The van der Waals surface area contributed by atoms with E-state index >= 15 is 0 Å². The summed E-state index contributed by atoms with van der Waals surface area (Å²) in [7, 11) is 0. The van der Waals surface area contributed by atoms with Crippen molar-refractivity contribution in [2.24, 2.45) is 0 Å². The second-order valence-corrected chi connectivity index (χ2v) is 6.84. The summed E-state index contributed by atoms with van der Waals surface area (Å²) >= 11 is 12.4. The van der Waals surface area contributed by atoms with E-state index < -0.39 is 0 Å². The zero-order chi connectivity index (χ0) is 18.8. The lowest BCUT2D eigenvalue weighted by Gasteiger charge is -2.13. The van der Waals surface area contributed by atoms with Gasteiger partial charge in [-0.3, -0.25) is 0 Å². The highest BCUT2D eigenvalue weighted by atomic mass is 35.5. The van der Waals surface area contributed by atoms with Gasteiger partial charge in [0, 0.05) is 10.6 Å². The standard InChI is InChI=1S/C21H15Cl2FN2O/c22-15-7-5-8-17(24)14(15)12-26-19-10-3-2-9-18(19)25-21(26)13-27-20-11-4-1-6-16(20)23/h1-11H,12-13H2. The molecule has 0 aliphatic rings. The third kappa shape index (κ3) is 3.64. The van der Waals surface area contributed by atoms with Gasteiger partial charge in [-0.15, -0.1) is 0 Å². The fourth-order valence-electron chi connectivity index (χ4n) is 2.96. The highest BCUT2D eigenvalue weighted by Gasteiger charge is 2.15. The van der Waals surface area contributed by atoms with Crippen molar-refractivity contribution >= 4 is 34.2 Å². The molecular weight excluding hydrogens is 386 g/mol. The van der Waals surface area contributed by atoms with E-state index in [0.717, 1.165) is 11.0 Å². The van der Waals surface area contributed by atoms with Crippen LogP contribution >= 0.6 is 23.2 Å². The van der Waals surface area contributed by atoms with Gasteiger partial charge in [-0.1, -0.05) is 53.5 Å². The maximum Gasteiger partial charge on any atom is 0.148 e. The molecule has 1 heterocycles. The molecule has 0 aliphatic carbocycles. The summed E-state index contributed by atoms with van der Waals surface area (Å²) in [6.45, 7) is 0.456. The van der Waals surface area contributed by atoms with Crippen molar-refractivity contribution in [3.8, 4) is 5.75 Å². The summed E-state index contributed by atoms with van der Waals surface area (Å²) in [6.07, 6.45) is 0. The number of fused-ring (bicyclic) bond motifs is 1. The first-order valence-electron chi connectivity index (χ1n) is 8.38. The maximum atomic E-state index is 14.3. The van der Waals surface area contributed by atoms with E-state index in [1.807, 2.05) is 41.0 Å². The van der Waals surface area contributed by atoms with Crippen LogP contribution < -0.4 is 4.74 Å². The van der Waals surface area contributed by atoms with E-state index in [1.54, 1.807) is 24.3 Å². The molecule has 4 rings (SSSR count). The minimum absolute atomic E-state index is 0.199. The molecule has 0 saturated carbocycles. The smallest absolute Gasteiger partial charge is 0.148 e. The van der Waals surface area contributed by atoms with Gasteiger partial charge in [0.2, 0.25) is 0 Å². The minimum atomic E-state index is -0.349. The Morgan fingerprint density at radius 3 is 2.44 bits per heavy atom. The molecule has 0 spiro atoms. The van der Waals surface area contributed by atoms with Crippen LogP contribution in [0.1, 0.15) is 11.4 Å². The van der Waals surface area contributed by atoms with Crippen LogP contribution in [0.25, 0.3) is 11.0 Å². The van der Waals surface area contributed by atoms with Crippen molar-refractivity contribution in [2.75, 3.05) is 0 Å². The molecule has 0 saturated heterocycles. The predicted molar refractivity (Wildman–Crippen MR) is 106 cm³/mol. The van der Waals surface area contributed by atoms with Crippen molar-refractivity contribution < 1.29 is 9.13 Å². The lowest BCUT2D eigenvalue weighted by molar-refractivity contribution is 0.291. The van der Waals surface area contributed by atoms with E-state index in [-0.39, 0.29) is 19.0 Å².